The van der Waals surface area contributed by atoms with Crippen LogP contribution in [0, 0.1) is 31.9 Å². The van der Waals surface area contributed by atoms with Crippen LogP contribution in [0.15, 0.2) is 67.0 Å². The van der Waals surface area contributed by atoms with Crippen molar-refractivity contribution in [3.05, 3.63) is 126 Å². The Morgan fingerprint density at radius 1 is 0.756 bits per heavy atom. The minimum Gasteiger partial charge on any atom is -0.355 e. The number of aromatic nitrogens is 2. The summed E-state index contributed by atoms with van der Waals surface area (Å²) < 4.78 is 30.8. The first-order chi connectivity index (χ1) is 21.6. The molecule has 3 aromatic carbocycles. The van der Waals surface area contributed by atoms with E-state index < -0.39 is 44.9 Å². The molecule has 2 saturated heterocycles. The summed E-state index contributed by atoms with van der Waals surface area (Å²) in [5.41, 5.74) is 0.683. The number of benzene rings is 3. The summed E-state index contributed by atoms with van der Waals surface area (Å²) in [7, 11) is 0. The molecule has 3 heterocycles. The number of hydrogen-bond donors (Lipinski definition) is 0. The van der Waals surface area contributed by atoms with Crippen LogP contribution in [0.3, 0.4) is 0 Å². The largest absolute Gasteiger partial charge is 0.355 e. The van der Waals surface area contributed by atoms with E-state index in [2.05, 4.69) is 27.0 Å². The number of piperidine rings is 1. The highest BCUT2D eigenvalue weighted by Gasteiger charge is 2.40. The summed E-state index contributed by atoms with van der Waals surface area (Å²) >= 11 is 11.9. The van der Waals surface area contributed by atoms with Gasteiger partial charge >= 0.3 is 0 Å². The Balaban J connectivity index is 1.35. The van der Waals surface area contributed by atoms with Gasteiger partial charge in [-0.3, -0.25) is 20.2 Å². The average Bonchev–Trinajstić information content (AvgIpc) is 3.46. The number of nitrogens with zero attached hydrogens (tertiary/aromatic N) is 6. The molecule has 1 aromatic heterocycles. The summed E-state index contributed by atoms with van der Waals surface area (Å²) in [6, 6.07) is 12.6. The fourth-order valence-corrected chi connectivity index (χ4v) is 6.87. The number of nitro groups is 2. The molecule has 2 aliphatic heterocycles. The van der Waals surface area contributed by atoms with Crippen molar-refractivity contribution in [2.24, 2.45) is 0 Å². The van der Waals surface area contributed by atoms with Crippen molar-refractivity contribution in [3.63, 3.8) is 0 Å². The summed E-state index contributed by atoms with van der Waals surface area (Å²) in [4.78, 5) is 34.8. The second-order valence-electron chi connectivity index (χ2n) is 11.1. The molecule has 0 bridgehead atoms. The maximum Gasteiger partial charge on any atom is 0.288 e. The Morgan fingerprint density at radius 2 is 1.24 bits per heavy atom. The van der Waals surface area contributed by atoms with Crippen LogP contribution < -0.4 is 9.80 Å². The maximum absolute atomic E-state index is 15.4. The van der Waals surface area contributed by atoms with E-state index in [1.807, 2.05) is 18.2 Å². The van der Waals surface area contributed by atoms with Crippen LogP contribution in [-0.2, 0) is 0 Å². The van der Waals surface area contributed by atoms with Crippen LogP contribution in [0.1, 0.15) is 60.4 Å². The molecule has 0 unspecified atom stereocenters. The summed E-state index contributed by atoms with van der Waals surface area (Å²) in [6.07, 6.45) is 5.42. The van der Waals surface area contributed by atoms with Gasteiger partial charge in [-0.05, 0) is 49.3 Å². The summed E-state index contributed by atoms with van der Waals surface area (Å²) in [6.45, 7) is 1.49. The first-order valence-electron chi connectivity index (χ1n) is 14.3. The molecule has 0 radical (unpaired) electrons. The Morgan fingerprint density at radius 3 is 1.71 bits per heavy atom. The highest BCUT2D eigenvalue weighted by molar-refractivity contribution is 6.33. The number of halogens is 4. The summed E-state index contributed by atoms with van der Waals surface area (Å²) in [5.74, 6) is -0.617. The van der Waals surface area contributed by atoms with E-state index in [9.17, 15) is 20.2 Å². The van der Waals surface area contributed by atoms with E-state index in [-0.39, 0.29) is 34.0 Å². The van der Waals surface area contributed by atoms with Gasteiger partial charge in [0.2, 0.25) is 5.95 Å². The molecule has 10 nitrogen and oxygen atoms in total. The molecule has 2 fully saturated rings. The van der Waals surface area contributed by atoms with Gasteiger partial charge in [-0.25, -0.2) is 18.7 Å². The Kier molecular flexibility index (Phi) is 8.52. The lowest BCUT2D eigenvalue weighted by Gasteiger charge is -2.34. The predicted molar refractivity (Wildman–Crippen MR) is 166 cm³/mol. The Labute approximate surface area is 266 Å². The monoisotopic (exact) mass is 654 g/mol. The number of rotatable bonds is 7. The van der Waals surface area contributed by atoms with Crippen molar-refractivity contribution in [2.45, 2.75) is 43.7 Å². The molecule has 232 valence electrons. The minimum absolute atomic E-state index is 0.0236. The standard InChI is InChI=1S/C31H26Cl2F2N6O4/c32-23-14-25(34)21(12-29(23)40(42)43)27-6-7-28(22-13-30(41(44)45)24(33)15-26(22)35)39(27)20-16-36-31(37-17-20)38-10-8-19(9-11-38)18-4-2-1-3-5-18/h1-5,12-17,19,27-28H,6-11H2/t27-,28+. The third-order valence-corrected chi connectivity index (χ3v) is 9.21. The van der Waals surface area contributed by atoms with Gasteiger partial charge in [0.25, 0.3) is 11.4 Å². The quantitative estimate of drug-likeness (QED) is 0.144. The molecule has 0 aliphatic carbocycles. The fraction of sp³-hybridized carbons (Fsp3) is 0.290. The summed E-state index contributed by atoms with van der Waals surface area (Å²) in [5, 5.41) is 22.6. The number of nitro benzene ring substituents is 2. The van der Waals surface area contributed by atoms with Gasteiger partial charge in [-0.1, -0.05) is 53.5 Å². The lowest BCUT2D eigenvalue weighted by molar-refractivity contribution is -0.384. The van der Waals surface area contributed by atoms with Gasteiger partial charge in [0.05, 0.1) is 40.0 Å². The number of anilines is 2. The fourth-order valence-electron chi connectivity index (χ4n) is 6.43. The lowest BCUT2D eigenvalue weighted by Crippen LogP contribution is -2.34. The Bertz CT molecular complexity index is 1680. The van der Waals surface area contributed by atoms with Crippen molar-refractivity contribution >= 4 is 46.2 Å². The molecule has 0 N–H and O–H groups in total. The van der Waals surface area contributed by atoms with E-state index >= 15 is 8.78 Å². The highest BCUT2D eigenvalue weighted by Crippen LogP contribution is 2.49. The third kappa shape index (κ3) is 5.99. The van der Waals surface area contributed by atoms with E-state index in [1.54, 1.807) is 17.3 Å². The molecule has 4 aromatic rings. The first kappa shape index (κ1) is 30.6. The van der Waals surface area contributed by atoms with Crippen molar-refractivity contribution in [3.8, 4) is 0 Å². The third-order valence-electron chi connectivity index (χ3n) is 8.60. The van der Waals surface area contributed by atoms with E-state index in [0.717, 1.165) is 50.2 Å². The first-order valence-corrected chi connectivity index (χ1v) is 15.0. The normalized spacial score (nSPS) is 18.8. The highest BCUT2D eigenvalue weighted by atomic mass is 35.5. The van der Waals surface area contributed by atoms with E-state index in [4.69, 9.17) is 23.2 Å². The van der Waals surface area contributed by atoms with Crippen LogP contribution in [-0.4, -0.2) is 32.9 Å². The predicted octanol–water partition coefficient (Wildman–Crippen LogP) is 8.34. The van der Waals surface area contributed by atoms with Crippen LogP contribution in [0.5, 0.6) is 0 Å². The maximum atomic E-state index is 15.4. The molecular weight excluding hydrogens is 629 g/mol. The molecule has 2 atom stereocenters. The zero-order valence-electron chi connectivity index (χ0n) is 23.7. The van der Waals surface area contributed by atoms with Crippen molar-refractivity contribution in [1.29, 1.82) is 0 Å². The molecule has 14 heteroatoms. The van der Waals surface area contributed by atoms with E-state index in [1.165, 1.54) is 5.56 Å². The second-order valence-corrected chi connectivity index (χ2v) is 11.9. The topological polar surface area (TPSA) is 119 Å². The lowest BCUT2D eigenvalue weighted by atomic mass is 9.90. The van der Waals surface area contributed by atoms with Gasteiger partial charge in [0, 0.05) is 36.3 Å². The molecule has 0 amide bonds. The van der Waals surface area contributed by atoms with Gasteiger partial charge in [-0.2, -0.15) is 0 Å². The van der Waals surface area contributed by atoms with Crippen molar-refractivity contribution < 1.29 is 18.6 Å². The molecule has 0 saturated carbocycles. The van der Waals surface area contributed by atoms with Gasteiger partial charge in [-0.15, -0.1) is 0 Å². The smallest absolute Gasteiger partial charge is 0.288 e. The van der Waals surface area contributed by atoms with Crippen molar-refractivity contribution in [2.75, 3.05) is 22.9 Å². The van der Waals surface area contributed by atoms with Gasteiger partial charge in [0.15, 0.2) is 0 Å². The molecule has 2 aliphatic rings. The van der Waals surface area contributed by atoms with E-state index in [0.29, 0.717) is 17.6 Å². The zero-order chi connectivity index (χ0) is 31.8. The second kappa shape index (κ2) is 12.5. The van der Waals surface area contributed by atoms with Crippen LogP contribution in [0.2, 0.25) is 10.0 Å². The number of hydrogen-bond acceptors (Lipinski definition) is 8. The minimum atomic E-state index is -0.823. The molecular formula is C31H26Cl2F2N6O4. The zero-order valence-corrected chi connectivity index (χ0v) is 25.2. The van der Waals surface area contributed by atoms with Gasteiger partial charge < -0.3 is 9.80 Å². The van der Waals surface area contributed by atoms with Crippen LogP contribution in [0.4, 0.5) is 31.8 Å². The van der Waals surface area contributed by atoms with Crippen LogP contribution in [0.25, 0.3) is 0 Å². The molecule has 0 spiro atoms. The van der Waals surface area contributed by atoms with Crippen molar-refractivity contribution in [1.82, 2.24) is 9.97 Å². The van der Waals surface area contributed by atoms with Gasteiger partial charge in [0.1, 0.15) is 21.7 Å². The molecule has 6 rings (SSSR count). The Hall–Kier alpha value is -4.42. The van der Waals surface area contributed by atoms with Crippen LogP contribution >= 0.6 is 23.2 Å². The SMILES string of the molecule is O=[N+]([O-])c1cc([C@H]2CC[C@@H](c3cc([N+](=O)[O-])c(Cl)cc3F)N2c2cnc(N3CCC(c4ccccc4)CC3)nc2)c(F)cc1Cl. The molecule has 45 heavy (non-hydrogen) atoms. The average molecular weight is 655 g/mol.